The molecule has 2 N–H and O–H groups in total. The minimum atomic E-state index is -0.812. The molecule has 2 amide bonds. The van der Waals surface area contributed by atoms with Crippen molar-refractivity contribution in [2.45, 2.75) is 44.9 Å². The van der Waals surface area contributed by atoms with Crippen molar-refractivity contribution in [3.63, 3.8) is 0 Å². The van der Waals surface area contributed by atoms with E-state index in [-0.39, 0.29) is 24.8 Å². The van der Waals surface area contributed by atoms with E-state index in [0.29, 0.717) is 56.5 Å². The standard InChI is InChI=1S/C26H32N2O5/c29-24-14-7-17-28(24)18-8-16-27-26(32)21(10-2-1-3-15-25(30)31)19-33-23-13-6-11-20-9-4-5-12-22(20)23/h4-6,9-13H,1-3,7-8,14-19H2,(H,27,32)(H,30,31). The van der Waals surface area contributed by atoms with Gasteiger partial charge < -0.3 is 20.1 Å². The summed E-state index contributed by atoms with van der Waals surface area (Å²) in [6, 6.07) is 13.7. The van der Waals surface area contributed by atoms with Crippen molar-refractivity contribution in [2.75, 3.05) is 26.2 Å². The Balaban J connectivity index is 1.56. The summed E-state index contributed by atoms with van der Waals surface area (Å²) in [5, 5.41) is 13.8. The van der Waals surface area contributed by atoms with Crippen LogP contribution in [0.3, 0.4) is 0 Å². The number of hydrogen-bond donors (Lipinski definition) is 2. The van der Waals surface area contributed by atoms with E-state index in [4.69, 9.17) is 9.84 Å². The topological polar surface area (TPSA) is 95.9 Å². The highest BCUT2D eigenvalue weighted by Gasteiger charge is 2.19. The molecule has 0 radical (unpaired) electrons. The van der Waals surface area contributed by atoms with E-state index in [1.165, 1.54) is 0 Å². The average molecular weight is 453 g/mol. The van der Waals surface area contributed by atoms with Gasteiger partial charge in [0.25, 0.3) is 0 Å². The zero-order valence-electron chi connectivity index (χ0n) is 18.9. The van der Waals surface area contributed by atoms with Gasteiger partial charge in [-0.25, -0.2) is 0 Å². The molecule has 1 heterocycles. The molecule has 0 aliphatic carbocycles. The molecule has 2 aromatic rings. The van der Waals surface area contributed by atoms with Gasteiger partial charge in [-0.3, -0.25) is 14.4 Å². The summed E-state index contributed by atoms with van der Waals surface area (Å²) in [6.45, 7) is 2.06. The number of hydrogen-bond acceptors (Lipinski definition) is 4. The molecule has 33 heavy (non-hydrogen) atoms. The number of ether oxygens (including phenoxy) is 1. The molecule has 3 rings (SSSR count). The Bertz CT molecular complexity index is 996. The highest BCUT2D eigenvalue weighted by atomic mass is 16.5. The molecule has 0 bridgehead atoms. The van der Waals surface area contributed by atoms with E-state index in [0.717, 1.165) is 23.7 Å². The lowest BCUT2D eigenvalue weighted by atomic mass is 10.1. The van der Waals surface area contributed by atoms with Gasteiger partial charge in [0.15, 0.2) is 0 Å². The lowest BCUT2D eigenvalue weighted by Gasteiger charge is -2.16. The quantitative estimate of drug-likeness (QED) is 0.355. The van der Waals surface area contributed by atoms with Crippen LogP contribution in [0, 0.1) is 0 Å². The Morgan fingerprint density at radius 3 is 2.70 bits per heavy atom. The maximum absolute atomic E-state index is 12.8. The molecule has 1 aliphatic heterocycles. The van der Waals surface area contributed by atoms with E-state index in [9.17, 15) is 14.4 Å². The number of nitrogens with zero attached hydrogens (tertiary/aromatic N) is 1. The van der Waals surface area contributed by atoms with Crippen LogP contribution in [-0.2, 0) is 14.4 Å². The summed E-state index contributed by atoms with van der Waals surface area (Å²) in [5.74, 6) is -0.106. The molecule has 0 spiro atoms. The average Bonchev–Trinajstić information content (AvgIpc) is 3.22. The lowest BCUT2D eigenvalue weighted by Crippen LogP contribution is -2.32. The van der Waals surface area contributed by atoms with Crippen molar-refractivity contribution in [1.82, 2.24) is 10.2 Å². The summed E-state index contributed by atoms with van der Waals surface area (Å²) >= 11 is 0. The predicted octanol–water partition coefficient (Wildman–Crippen LogP) is 3.92. The summed E-state index contributed by atoms with van der Waals surface area (Å²) in [6.07, 6.45) is 6.05. The number of carbonyl (C=O) groups excluding carboxylic acids is 2. The maximum atomic E-state index is 12.8. The Kier molecular flexibility index (Phi) is 9.30. The molecule has 2 aromatic carbocycles. The second-order valence-electron chi connectivity index (χ2n) is 8.23. The zero-order chi connectivity index (χ0) is 23.5. The maximum Gasteiger partial charge on any atom is 0.303 e. The third-order valence-electron chi connectivity index (χ3n) is 5.72. The number of aliphatic carboxylic acids is 1. The van der Waals surface area contributed by atoms with Crippen molar-refractivity contribution in [3.8, 4) is 5.75 Å². The second kappa shape index (κ2) is 12.6. The first-order chi connectivity index (χ1) is 16.0. The third kappa shape index (κ3) is 7.63. The molecule has 0 aromatic heterocycles. The molecule has 1 fully saturated rings. The fourth-order valence-corrected chi connectivity index (χ4v) is 3.92. The van der Waals surface area contributed by atoms with Crippen LogP contribution in [-0.4, -0.2) is 54.0 Å². The van der Waals surface area contributed by atoms with Gasteiger partial charge in [-0.15, -0.1) is 0 Å². The number of benzene rings is 2. The number of likely N-dealkylation sites (tertiary alicyclic amines) is 1. The number of carboxylic acids is 1. The van der Waals surface area contributed by atoms with Gasteiger partial charge in [0, 0.05) is 37.9 Å². The van der Waals surface area contributed by atoms with Gasteiger partial charge in [0.05, 0.1) is 5.57 Å². The lowest BCUT2D eigenvalue weighted by molar-refractivity contribution is -0.137. The van der Waals surface area contributed by atoms with Crippen LogP contribution >= 0.6 is 0 Å². The molecule has 1 aliphatic rings. The Morgan fingerprint density at radius 2 is 1.91 bits per heavy atom. The summed E-state index contributed by atoms with van der Waals surface area (Å²) in [4.78, 5) is 37.1. The van der Waals surface area contributed by atoms with Gasteiger partial charge in [-0.05, 0) is 43.6 Å². The summed E-state index contributed by atoms with van der Waals surface area (Å²) in [5.41, 5.74) is 0.524. The number of carboxylic acid groups (broad SMARTS) is 1. The first-order valence-corrected chi connectivity index (χ1v) is 11.6. The first-order valence-electron chi connectivity index (χ1n) is 11.6. The smallest absolute Gasteiger partial charge is 0.303 e. The van der Waals surface area contributed by atoms with E-state index in [1.807, 2.05) is 53.4 Å². The van der Waals surface area contributed by atoms with Crippen LogP contribution in [0.2, 0.25) is 0 Å². The number of fused-ring (bicyclic) bond motifs is 1. The third-order valence-corrected chi connectivity index (χ3v) is 5.72. The van der Waals surface area contributed by atoms with Crippen LogP contribution in [0.1, 0.15) is 44.9 Å². The van der Waals surface area contributed by atoms with Crippen molar-refractivity contribution >= 4 is 28.6 Å². The van der Waals surface area contributed by atoms with Crippen LogP contribution in [0.25, 0.3) is 10.8 Å². The van der Waals surface area contributed by atoms with Gasteiger partial charge in [0.1, 0.15) is 12.4 Å². The van der Waals surface area contributed by atoms with Crippen molar-refractivity contribution in [1.29, 1.82) is 0 Å². The van der Waals surface area contributed by atoms with Gasteiger partial charge in [0.2, 0.25) is 11.8 Å². The van der Waals surface area contributed by atoms with Gasteiger partial charge in [-0.1, -0.05) is 42.5 Å². The molecule has 7 nitrogen and oxygen atoms in total. The number of allylic oxidation sites excluding steroid dienone is 1. The van der Waals surface area contributed by atoms with Crippen molar-refractivity contribution in [3.05, 3.63) is 54.1 Å². The highest BCUT2D eigenvalue weighted by molar-refractivity contribution is 5.94. The van der Waals surface area contributed by atoms with E-state index in [2.05, 4.69) is 5.32 Å². The normalized spacial score (nSPS) is 14.0. The number of unbranched alkanes of at least 4 members (excludes halogenated alkanes) is 2. The predicted molar refractivity (Wildman–Crippen MR) is 127 cm³/mol. The van der Waals surface area contributed by atoms with Crippen LogP contribution in [0.4, 0.5) is 0 Å². The Labute approximate surface area is 194 Å². The molecule has 176 valence electrons. The molecule has 7 heteroatoms. The number of carbonyl (C=O) groups is 3. The minimum absolute atomic E-state index is 0.122. The molecular formula is C26H32N2O5. The molecule has 1 saturated heterocycles. The number of amides is 2. The fourth-order valence-electron chi connectivity index (χ4n) is 3.92. The van der Waals surface area contributed by atoms with Crippen molar-refractivity contribution < 1.29 is 24.2 Å². The number of rotatable bonds is 13. The minimum Gasteiger partial charge on any atom is -0.488 e. The Morgan fingerprint density at radius 1 is 1.09 bits per heavy atom. The van der Waals surface area contributed by atoms with Gasteiger partial charge in [-0.2, -0.15) is 0 Å². The van der Waals surface area contributed by atoms with Gasteiger partial charge >= 0.3 is 5.97 Å². The fraction of sp³-hybridized carbons (Fsp3) is 0.423. The second-order valence-corrected chi connectivity index (χ2v) is 8.23. The SMILES string of the molecule is O=C(O)CCCCC=C(COc1cccc2ccccc12)C(=O)NCCCN1CCCC1=O. The largest absolute Gasteiger partial charge is 0.488 e. The summed E-state index contributed by atoms with van der Waals surface area (Å²) < 4.78 is 6.02. The molecule has 0 saturated carbocycles. The highest BCUT2D eigenvalue weighted by Crippen LogP contribution is 2.25. The molecule has 0 atom stereocenters. The summed E-state index contributed by atoms with van der Waals surface area (Å²) in [7, 11) is 0. The van der Waals surface area contributed by atoms with E-state index in [1.54, 1.807) is 0 Å². The number of nitrogens with one attached hydrogen (secondary N) is 1. The zero-order valence-corrected chi connectivity index (χ0v) is 18.9. The molecular weight excluding hydrogens is 420 g/mol. The van der Waals surface area contributed by atoms with E-state index < -0.39 is 5.97 Å². The van der Waals surface area contributed by atoms with Crippen LogP contribution in [0.15, 0.2) is 54.1 Å². The van der Waals surface area contributed by atoms with Crippen molar-refractivity contribution in [2.24, 2.45) is 0 Å². The van der Waals surface area contributed by atoms with E-state index >= 15 is 0 Å². The Hall–Kier alpha value is -3.35. The van der Waals surface area contributed by atoms with Crippen LogP contribution < -0.4 is 10.1 Å². The monoisotopic (exact) mass is 452 g/mol. The van der Waals surface area contributed by atoms with Crippen LogP contribution in [0.5, 0.6) is 5.75 Å². The first kappa shape index (κ1) is 24.3. The molecule has 0 unspecified atom stereocenters.